The Morgan fingerprint density at radius 1 is 1.12 bits per heavy atom. The van der Waals surface area contributed by atoms with Crippen molar-refractivity contribution in [1.29, 1.82) is 0 Å². The minimum atomic E-state index is -0.194. The van der Waals surface area contributed by atoms with E-state index >= 15 is 0 Å². The van der Waals surface area contributed by atoms with Crippen LogP contribution in [0.25, 0.3) is 0 Å². The van der Waals surface area contributed by atoms with E-state index < -0.39 is 0 Å². The minimum absolute atomic E-state index is 0.163. The lowest BCUT2D eigenvalue weighted by molar-refractivity contribution is -0.113. The number of rotatable bonds is 10. The topological polar surface area (TPSA) is 93.2 Å². The van der Waals surface area contributed by atoms with Crippen molar-refractivity contribution in [3.05, 3.63) is 68.6 Å². The molecule has 2 aromatic carbocycles. The first kappa shape index (κ1) is 24.3. The smallest absolute Gasteiger partial charge is 0.251 e. The second-order valence-corrected chi connectivity index (χ2v) is 9.39. The molecule has 0 spiro atoms. The third kappa shape index (κ3) is 7.37. The maximum absolute atomic E-state index is 12.2. The first-order valence-corrected chi connectivity index (χ1v) is 12.2. The molecule has 7 nitrogen and oxygen atoms in total. The molecule has 2 N–H and O–H groups in total. The first-order valence-electron chi connectivity index (χ1n) is 9.51. The van der Waals surface area contributed by atoms with E-state index in [1.807, 2.05) is 6.07 Å². The van der Waals surface area contributed by atoms with Gasteiger partial charge in [-0.2, -0.15) is 0 Å². The van der Waals surface area contributed by atoms with Crippen LogP contribution in [0.15, 0.2) is 42.5 Å². The summed E-state index contributed by atoms with van der Waals surface area (Å²) in [6.07, 6.45) is 0.509. The summed E-state index contributed by atoms with van der Waals surface area (Å²) in [6, 6.07) is 12.3. The average Bonchev–Trinajstić information content (AvgIpc) is 3.23. The SMILES string of the molecule is COc1cccc(C(=O)NCCc2nnc(NC(=O)CSCc3ccc(Cl)c(Cl)c3)s2)c1. The molecule has 0 unspecified atom stereocenters. The predicted molar refractivity (Wildman–Crippen MR) is 130 cm³/mol. The number of amides is 2. The lowest BCUT2D eigenvalue weighted by Gasteiger charge is -2.05. The molecule has 0 aliphatic carbocycles. The Bertz CT molecular complexity index is 1090. The molecular formula is C21H20Cl2N4O3S2. The fraction of sp³-hybridized carbons (Fsp3) is 0.238. The molecule has 1 heterocycles. The number of nitrogens with one attached hydrogen (secondary N) is 2. The molecule has 0 saturated carbocycles. The number of benzene rings is 2. The zero-order chi connectivity index (χ0) is 22.9. The molecule has 32 heavy (non-hydrogen) atoms. The first-order chi connectivity index (χ1) is 15.4. The van der Waals surface area contributed by atoms with Crippen LogP contribution in [-0.2, 0) is 17.0 Å². The molecule has 0 atom stereocenters. The Balaban J connectivity index is 1.38. The summed E-state index contributed by atoms with van der Waals surface area (Å²) in [5, 5.41) is 15.8. The Labute approximate surface area is 203 Å². The van der Waals surface area contributed by atoms with Gasteiger partial charge in [0.25, 0.3) is 5.91 Å². The number of hydrogen-bond acceptors (Lipinski definition) is 7. The summed E-state index contributed by atoms with van der Waals surface area (Å²) in [4.78, 5) is 24.4. The molecular weight excluding hydrogens is 491 g/mol. The average molecular weight is 511 g/mol. The summed E-state index contributed by atoms with van der Waals surface area (Å²) in [5.41, 5.74) is 1.51. The monoisotopic (exact) mass is 510 g/mol. The van der Waals surface area contributed by atoms with Crippen LogP contribution in [-0.4, -0.2) is 41.4 Å². The second-order valence-electron chi connectivity index (χ2n) is 6.53. The van der Waals surface area contributed by atoms with Gasteiger partial charge in [0.05, 0.1) is 22.9 Å². The lowest BCUT2D eigenvalue weighted by Crippen LogP contribution is -2.25. The van der Waals surface area contributed by atoms with E-state index in [-0.39, 0.29) is 17.6 Å². The van der Waals surface area contributed by atoms with Gasteiger partial charge in [-0.1, -0.05) is 46.7 Å². The maximum Gasteiger partial charge on any atom is 0.251 e. The normalized spacial score (nSPS) is 10.6. The number of nitrogens with zero attached hydrogens (tertiary/aromatic N) is 2. The zero-order valence-electron chi connectivity index (χ0n) is 17.1. The fourth-order valence-corrected chi connectivity index (χ4v) is 4.45. The van der Waals surface area contributed by atoms with Crippen LogP contribution >= 0.6 is 46.3 Å². The van der Waals surface area contributed by atoms with E-state index in [2.05, 4.69) is 20.8 Å². The van der Waals surface area contributed by atoms with Crippen LogP contribution in [0.5, 0.6) is 5.75 Å². The Kier molecular flexibility index (Phi) is 9.16. The van der Waals surface area contributed by atoms with Gasteiger partial charge < -0.3 is 10.1 Å². The molecule has 2 amide bonds. The number of carbonyl (C=O) groups is 2. The van der Waals surface area contributed by atoms with E-state index in [1.54, 1.807) is 43.5 Å². The van der Waals surface area contributed by atoms with Crippen LogP contribution < -0.4 is 15.4 Å². The summed E-state index contributed by atoms with van der Waals surface area (Å²) in [5.74, 6) is 1.17. The van der Waals surface area contributed by atoms with Crippen LogP contribution in [0, 0.1) is 0 Å². The number of halogens is 2. The molecule has 0 aliphatic heterocycles. The van der Waals surface area contributed by atoms with Crippen LogP contribution in [0.2, 0.25) is 10.0 Å². The Morgan fingerprint density at radius 3 is 2.75 bits per heavy atom. The molecule has 0 aliphatic rings. The Hall–Kier alpha value is -2.33. The minimum Gasteiger partial charge on any atom is -0.497 e. The summed E-state index contributed by atoms with van der Waals surface area (Å²) in [7, 11) is 1.55. The van der Waals surface area contributed by atoms with Crippen molar-refractivity contribution in [2.24, 2.45) is 0 Å². The number of thioether (sulfide) groups is 1. The van der Waals surface area contributed by atoms with Crippen molar-refractivity contribution in [2.75, 3.05) is 24.7 Å². The third-order valence-electron chi connectivity index (χ3n) is 4.16. The van der Waals surface area contributed by atoms with E-state index in [0.717, 1.165) is 10.6 Å². The van der Waals surface area contributed by atoms with E-state index in [9.17, 15) is 9.59 Å². The quantitative estimate of drug-likeness (QED) is 0.410. The highest BCUT2D eigenvalue weighted by Gasteiger charge is 2.10. The summed E-state index contributed by atoms with van der Waals surface area (Å²) >= 11 is 14.6. The standard InChI is InChI=1S/C21H20Cl2N4O3S2/c1-30-15-4-2-3-14(10-15)20(29)24-8-7-19-26-27-21(32-19)25-18(28)12-31-11-13-5-6-16(22)17(23)9-13/h2-6,9-10H,7-8,11-12H2,1H3,(H,24,29)(H,25,27,28). The fourth-order valence-electron chi connectivity index (χ4n) is 2.60. The van der Waals surface area contributed by atoms with Gasteiger partial charge in [0.15, 0.2) is 0 Å². The number of ether oxygens (including phenoxy) is 1. The summed E-state index contributed by atoms with van der Waals surface area (Å²) in [6.45, 7) is 0.401. The van der Waals surface area contributed by atoms with Gasteiger partial charge in [-0.05, 0) is 35.9 Å². The van der Waals surface area contributed by atoms with E-state index in [1.165, 1.54) is 23.1 Å². The molecule has 0 bridgehead atoms. The molecule has 11 heteroatoms. The van der Waals surface area contributed by atoms with Gasteiger partial charge in [-0.3, -0.25) is 14.9 Å². The number of methoxy groups -OCH3 is 1. The second kappa shape index (κ2) is 12.1. The molecule has 3 rings (SSSR count). The number of anilines is 1. The van der Waals surface area contributed by atoms with E-state index in [4.69, 9.17) is 27.9 Å². The van der Waals surface area contributed by atoms with Gasteiger partial charge >= 0.3 is 0 Å². The largest absolute Gasteiger partial charge is 0.497 e. The van der Waals surface area contributed by atoms with Crippen molar-refractivity contribution >= 4 is 63.2 Å². The van der Waals surface area contributed by atoms with Gasteiger partial charge in [0, 0.05) is 24.3 Å². The van der Waals surface area contributed by atoms with Gasteiger partial charge in [-0.15, -0.1) is 22.0 Å². The van der Waals surface area contributed by atoms with Crippen molar-refractivity contribution < 1.29 is 14.3 Å². The van der Waals surface area contributed by atoms with Crippen molar-refractivity contribution in [1.82, 2.24) is 15.5 Å². The van der Waals surface area contributed by atoms with Crippen LogP contribution in [0.4, 0.5) is 5.13 Å². The lowest BCUT2D eigenvalue weighted by atomic mass is 10.2. The van der Waals surface area contributed by atoms with E-state index in [0.29, 0.717) is 45.2 Å². The number of hydrogen-bond donors (Lipinski definition) is 2. The van der Waals surface area contributed by atoms with Gasteiger partial charge in [-0.25, -0.2) is 0 Å². The molecule has 168 valence electrons. The van der Waals surface area contributed by atoms with Gasteiger partial charge in [0.1, 0.15) is 10.8 Å². The molecule has 0 fully saturated rings. The molecule has 1 aromatic heterocycles. The summed E-state index contributed by atoms with van der Waals surface area (Å²) < 4.78 is 5.13. The highest BCUT2D eigenvalue weighted by atomic mass is 35.5. The van der Waals surface area contributed by atoms with Crippen molar-refractivity contribution in [2.45, 2.75) is 12.2 Å². The van der Waals surface area contributed by atoms with Crippen molar-refractivity contribution in [3.8, 4) is 5.75 Å². The molecule has 0 radical (unpaired) electrons. The highest BCUT2D eigenvalue weighted by molar-refractivity contribution is 7.99. The number of carbonyl (C=O) groups excluding carboxylic acids is 2. The highest BCUT2D eigenvalue weighted by Crippen LogP contribution is 2.25. The maximum atomic E-state index is 12.2. The zero-order valence-corrected chi connectivity index (χ0v) is 20.2. The number of aromatic nitrogens is 2. The van der Waals surface area contributed by atoms with Crippen LogP contribution in [0.3, 0.4) is 0 Å². The molecule has 3 aromatic rings. The van der Waals surface area contributed by atoms with Gasteiger partial charge in [0.2, 0.25) is 11.0 Å². The Morgan fingerprint density at radius 2 is 1.97 bits per heavy atom. The molecule has 0 saturated heterocycles. The predicted octanol–water partition coefficient (Wildman–Crippen LogP) is 4.70. The van der Waals surface area contributed by atoms with Crippen molar-refractivity contribution in [3.63, 3.8) is 0 Å². The van der Waals surface area contributed by atoms with Crippen LogP contribution in [0.1, 0.15) is 20.9 Å². The third-order valence-corrected chi connectivity index (χ3v) is 6.80.